The van der Waals surface area contributed by atoms with Crippen LogP contribution in [0.3, 0.4) is 0 Å². The minimum atomic E-state index is 0.296. The van der Waals surface area contributed by atoms with Crippen molar-refractivity contribution in [2.45, 2.75) is 19.4 Å². The maximum atomic E-state index is 4.74. The van der Waals surface area contributed by atoms with E-state index in [2.05, 4.69) is 20.5 Å². The summed E-state index contributed by atoms with van der Waals surface area (Å²) >= 11 is 0. The Morgan fingerprint density at radius 3 is 3.07 bits per heavy atom. The molecule has 5 heteroatoms. The predicted octanol–water partition coefficient (Wildman–Crippen LogP) is 0.224. The van der Waals surface area contributed by atoms with E-state index in [0.717, 1.165) is 36.8 Å². The van der Waals surface area contributed by atoms with E-state index in [1.165, 1.54) is 0 Å². The Morgan fingerprint density at radius 2 is 2.43 bits per heavy atom. The van der Waals surface area contributed by atoms with E-state index in [1.54, 1.807) is 7.11 Å². The summed E-state index contributed by atoms with van der Waals surface area (Å²) in [6, 6.07) is 0.296. The summed E-state index contributed by atoms with van der Waals surface area (Å²) in [4.78, 5) is 13.3. The third-order valence-corrected chi connectivity index (χ3v) is 2.39. The van der Waals surface area contributed by atoms with Crippen LogP contribution in [0.25, 0.3) is 0 Å². The number of hydrogen-bond acceptors (Lipinski definition) is 5. The Hall–Kier alpha value is -1.23. The molecule has 0 aromatic rings. The van der Waals surface area contributed by atoms with Gasteiger partial charge in [-0.25, -0.2) is 4.99 Å². The van der Waals surface area contributed by atoms with E-state index in [9.17, 15) is 0 Å². The fourth-order valence-corrected chi connectivity index (χ4v) is 1.72. The van der Waals surface area contributed by atoms with Gasteiger partial charge in [0.15, 0.2) is 0 Å². The first-order valence-electron chi connectivity index (χ1n) is 4.70. The zero-order chi connectivity index (χ0) is 9.97. The average Bonchev–Trinajstić information content (AvgIpc) is 2.74. The van der Waals surface area contributed by atoms with Crippen LogP contribution < -0.4 is 5.32 Å². The van der Waals surface area contributed by atoms with Gasteiger partial charge in [0.2, 0.25) is 0 Å². The number of nitrogens with one attached hydrogen (secondary N) is 1. The Labute approximate surface area is 83.0 Å². The normalized spacial score (nSPS) is 29.3. The van der Waals surface area contributed by atoms with Crippen molar-refractivity contribution in [1.29, 1.82) is 0 Å². The van der Waals surface area contributed by atoms with Gasteiger partial charge in [0, 0.05) is 13.0 Å². The number of oxime groups is 1. The molecule has 5 nitrogen and oxygen atoms in total. The van der Waals surface area contributed by atoms with Crippen molar-refractivity contribution in [1.82, 2.24) is 5.32 Å². The summed E-state index contributed by atoms with van der Waals surface area (Å²) in [6.07, 6.45) is 0.884. The molecule has 1 fully saturated rings. The molecule has 0 aliphatic carbocycles. The smallest absolute Gasteiger partial charge is 0.120 e. The van der Waals surface area contributed by atoms with Crippen LogP contribution in [0.15, 0.2) is 15.1 Å². The molecule has 0 aromatic carbocycles. The van der Waals surface area contributed by atoms with E-state index in [-0.39, 0.29) is 0 Å². The minimum absolute atomic E-state index is 0.296. The monoisotopic (exact) mass is 194 g/mol. The standard InChI is InChI=1S/C9H14N4O/c1-6-10-5-9(12-6)8-3-7(4-11-8)13-14-2/h8,11H,3-5H2,1-2H3/b13-7+/t8-/m0/s1. The fraction of sp³-hybridized carbons (Fsp3) is 0.667. The second kappa shape index (κ2) is 3.88. The van der Waals surface area contributed by atoms with Crippen LogP contribution in [0, 0.1) is 0 Å². The van der Waals surface area contributed by atoms with Crippen LogP contribution in [0.5, 0.6) is 0 Å². The van der Waals surface area contributed by atoms with Crippen molar-refractivity contribution in [3.8, 4) is 0 Å². The molecular formula is C9H14N4O. The molecule has 0 radical (unpaired) electrons. The lowest BCUT2D eigenvalue weighted by atomic mass is 10.1. The predicted molar refractivity (Wildman–Crippen MR) is 56.3 cm³/mol. The molecule has 0 saturated carbocycles. The van der Waals surface area contributed by atoms with Gasteiger partial charge in [-0.3, -0.25) is 4.99 Å². The Morgan fingerprint density at radius 1 is 1.57 bits per heavy atom. The van der Waals surface area contributed by atoms with Crippen LogP contribution in [0.1, 0.15) is 13.3 Å². The van der Waals surface area contributed by atoms with E-state index >= 15 is 0 Å². The number of nitrogens with zero attached hydrogens (tertiary/aromatic N) is 3. The van der Waals surface area contributed by atoms with Crippen LogP contribution in [-0.4, -0.2) is 43.5 Å². The first kappa shape index (κ1) is 9.33. The van der Waals surface area contributed by atoms with Crippen molar-refractivity contribution in [2.75, 3.05) is 20.2 Å². The topological polar surface area (TPSA) is 58.3 Å². The highest BCUT2D eigenvalue weighted by Crippen LogP contribution is 2.09. The molecule has 0 aromatic heterocycles. The van der Waals surface area contributed by atoms with Gasteiger partial charge in [-0.15, -0.1) is 0 Å². The lowest BCUT2D eigenvalue weighted by Gasteiger charge is -2.06. The van der Waals surface area contributed by atoms with Gasteiger partial charge in [0.25, 0.3) is 0 Å². The van der Waals surface area contributed by atoms with Crippen LogP contribution in [0.4, 0.5) is 0 Å². The van der Waals surface area contributed by atoms with Gasteiger partial charge >= 0.3 is 0 Å². The average molecular weight is 194 g/mol. The molecule has 76 valence electrons. The lowest BCUT2D eigenvalue weighted by molar-refractivity contribution is 0.212. The molecule has 2 aliphatic heterocycles. The number of amidine groups is 1. The van der Waals surface area contributed by atoms with Gasteiger partial charge in [0.1, 0.15) is 12.9 Å². The fourth-order valence-electron chi connectivity index (χ4n) is 1.72. The summed E-state index contributed by atoms with van der Waals surface area (Å²) < 4.78 is 0. The number of rotatable bonds is 2. The first-order valence-corrected chi connectivity index (χ1v) is 4.70. The van der Waals surface area contributed by atoms with Crippen LogP contribution in [-0.2, 0) is 4.84 Å². The van der Waals surface area contributed by atoms with Crippen molar-refractivity contribution in [2.24, 2.45) is 15.1 Å². The molecule has 14 heavy (non-hydrogen) atoms. The van der Waals surface area contributed by atoms with Gasteiger partial charge < -0.3 is 10.2 Å². The van der Waals surface area contributed by atoms with Gasteiger partial charge in [-0.2, -0.15) is 0 Å². The highest BCUT2D eigenvalue weighted by atomic mass is 16.6. The SMILES string of the molecule is CO/N=C1/CN[C@H](C2=NC(C)=NC2)C1. The number of aliphatic imine (C=N–C) groups is 2. The Kier molecular flexibility index (Phi) is 2.58. The molecular weight excluding hydrogens is 180 g/mol. The largest absolute Gasteiger partial charge is 0.399 e. The third kappa shape index (κ3) is 1.82. The lowest BCUT2D eigenvalue weighted by Crippen LogP contribution is -2.31. The summed E-state index contributed by atoms with van der Waals surface area (Å²) in [5.74, 6) is 0.874. The second-order valence-electron chi connectivity index (χ2n) is 3.44. The van der Waals surface area contributed by atoms with E-state index in [0.29, 0.717) is 6.04 Å². The van der Waals surface area contributed by atoms with Crippen LogP contribution >= 0.6 is 0 Å². The zero-order valence-corrected chi connectivity index (χ0v) is 8.45. The summed E-state index contributed by atoms with van der Waals surface area (Å²) in [6.45, 7) is 3.44. The van der Waals surface area contributed by atoms with E-state index in [1.807, 2.05) is 6.92 Å². The highest BCUT2D eigenvalue weighted by molar-refractivity contribution is 6.08. The molecule has 1 saturated heterocycles. The molecule has 2 rings (SSSR count). The highest BCUT2D eigenvalue weighted by Gasteiger charge is 2.26. The summed E-state index contributed by atoms with van der Waals surface area (Å²) in [7, 11) is 1.57. The summed E-state index contributed by atoms with van der Waals surface area (Å²) in [5, 5.41) is 7.27. The van der Waals surface area contributed by atoms with Gasteiger partial charge in [0.05, 0.1) is 24.0 Å². The molecule has 2 aliphatic rings. The summed E-state index contributed by atoms with van der Waals surface area (Å²) in [5.41, 5.74) is 2.16. The van der Waals surface area contributed by atoms with Crippen molar-refractivity contribution in [3.05, 3.63) is 0 Å². The Bertz CT molecular complexity index is 319. The Balaban J connectivity index is 1.97. The molecule has 0 bridgehead atoms. The quantitative estimate of drug-likeness (QED) is 0.639. The van der Waals surface area contributed by atoms with E-state index in [4.69, 9.17) is 4.84 Å². The second-order valence-corrected chi connectivity index (χ2v) is 3.44. The maximum Gasteiger partial charge on any atom is 0.120 e. The number of hydrogen-bond donors (Lipinski definition) is 1. The zero-order valence-electron chi connectivity index (χ0n) is 8.45. The van der Waals surface area contributed by atoms with Crippen molar-refractivity contribution in [3.63, 3.8) is 0 Å². The van der Waals surface area contributed by atoms with Crippen LogP contribution in [0.2, 0.25) is 0 Å². The van der Waals surface area contributed by atoms with Gasteiger partial charge in [-0.05, 0) is 6.92 Å². The molecule has 1 N–H and O–H groups in total. The maximum absolute atomic E-state index is 4.74. The third-order valence-electron chi connectivity index (χ3n) is 2.39. The van der Waals surface area contributed by atoms with Gasteiger partial charge in [-0.1, -0.05) is 5.16 Å². The first-order chi connectivity index (χ1) is 6.79. The van der Waals surface area contributed by atoms with Crippen molar-refractivity contribution >= 4 is 17.3 Å². The molecule has 0 amide bonds. The molecule has 0 spiro atoms. The molecule has 0 unspecified atom stereocenters. The molecule has 1 atom stereocenters. The minimum Gasteiger partial charge on any atom is -0.399 e. The molecule has 2 heterocycles. The van der Waals surface area contributed by atoms with Crippen molar-refractivity contribution < 1.29 is 4.84 Å². The van der Waals surface area contributed by atoms with E-state index < -0.39 is 0 Å².